The van der Waals surface area contributed by atoms with E-state index in [9.17, 15) is 4.79 Å². The number of anilines is 1. The minimum atomic E-state index is -0.221. The van der Waals surface area contributed by atoms with Crippen LogP contribution in [0.5, 0.6) is 0 Å². The highest BCUT2D eigenvalue weighted by Gasteiger charge is 2.15. The fourth-order valence-corrected chi connectivity index (χ4v) is 2.18. The highest BCUT2D eigenvalue weighted by Crippen LogP contribution is 2.28. The number of thioether (sulfide) groups is 1. The van der Waals surface area contributed by atoms with Crippen LogP contribution in [-0.2, 0) is 9.53 Å². The van der Waals surface area contributed by atoms with Crippen molar-refractivity contribution in [3.05, 3.63) is 23.8 Å². The Morgan fingerprint density at radius 3 is 2.80 bits per heavy atom. The number of hydrogen-bond donors (Lipinski definition) is 1. The van der Waals surface area contributed by atoms with Gasteiger partial charge in [0.2, 0.25) is 0 Å². The van der Waals surface area contributed by atoms with Crippen molar-refractivity contribution in [3.8, 4) is 0 Å². The Hall–Kier alpha value is -1.16. The van der Waals surface area contributed by atoms with E-state index in [0.29, 0.717) is 5.69 Å². The molecule has 82 valence electrons. The maximum absolute atomic E-state index is 11.2. The van der Waals surface area contributed by atoms with E-state index >= 15 is 0 Å². The van der Waals surface area contributed by atoms with Gasteiger partial charge in [-0.2, -0.15) is 0 Å². The molecule has 1 aromatic carbocycles. The maximum Gasteiger partial charge on any atom is 0.318 e. The smallest absolute Gasteiger partial charge is 0.318 e. The molecule has 2 N–H and O–H groups in total. The average molecular weight is 225 g/mol. The highest BCUT2D eigenvalue weighted by atomic mass is 32.2. The summed E-state index contributed by atoms with van der Waals surface area (Å²) < 4.78 is 4.66. The molecule has 1 atom stereocenters. The fourth-order valence-electron chi connectivity index (χ4n) is 1.15. The molecule has 0 aliphatic heterocycles. The lowest BCUT2D eigenvalue weighted by molar-refractivity contribution is -0.139. The molecule has 3 nitrogen and oxygen atoms in total. The lowest BCUT2D eigenvalue weighted by Crippen LogP contribution is -2.14. The second kappa shape index (κ2) is 5.07. The second-order valence-electron chi connectivity index (χ2n) is 3.31. The Balaban J connectivity index is 2.80. The van der Waals surface area contributed by atoms with Crippen molar-refractivity contribution >= 4 is 23.4 Å². The largest absolute Gasteiger partial charge is 0.468 e. The van der Waals surface area contributed by atoms with Crippen LogP contribution in [0.3, 0.4) is 0 Å². The first kappa shape index (κ1) is 11.9. The Labute approximate surface area is 94.0 Å². The zero-order valence-electron chi connectivity index (χ0n) is 9.11. The van der Waals surface area contributed by atoms with E-state index in [-0.39, 0.29) is 11.2 Å². The van der Waals surface area contributed by atoms with Crippen LogP contribution in [-0.4, -0.2) is 18.3 Å². The van der Waals surface area contributed by atoms with E-state index in [0.717, 1.165) is 10.5 Å². The first-order chi connectivity index (χ1) is 7.04. The first-order valence-electron chi connectivity index (χ1n) is 4.65. The summed E-state index contributed by atoms with van der Waals surface area (Å²) in [7, 11) is 1.39. The summed E-state index contributed by atoms with van der Waals surface area (Å²) in [4.78, 5) is 12.3. The summed E-state index contributed by atoms with van der Waals surface area (Å²) in [6.07, 6.45) is 0. The highest BCUT2D eigenvalue weighted by molar-refractivity contribution is 8.00. The first-order valence-corrected chi connectivity index (χ1v) is 5.53. The van der Waals surface area contributed by atoms with E-state index in [1.807, 2.05) is 32.0 Å². The Morgan fingerprint density at radius 1 is 1.53 bits per heavy atom. The lowest BCUT2D eigenvalue weighted by Gasteiger charge is -2.11. The number of carbonyl (C=O) groups is 1. The number of nitrogen functional groups attached to an aromatic ring is 1. The standard InChI is InChI=1S/C11H15NO2S/c1-7-4-5-9(12)6-10(7)15-8(2)11(13)14-3/h4-6,8H,12H2,1-3H3. The van der Waals surface area contributed by atoms with Crippen LogP contribution in [0.1, 0.15) is 12.5 Å². The third kappa shape index (κ3) is 3.16. The monoisotopic (exact) mass is 225 g/mol. The molecule has 15 heavy (non-hydrogen) atoms. The molecule has 0 saturated carbocycles. The number of rotatable bonds is 3. The van der Waals surface area contributed by atoms with Crippen LogP contribution < -0.4 is 5.73 Å². The number of carbonyl (C=O) groups excluding carboxylic acids is 1. The number of nitrogens with two attached hydrogens (primary N) is 1. The van der Waals surface area contributed by atoms with Crippen molar-refractivity contribution in [2.45, 2.75) is 24.0 Å². The van der Waals surface area contributed by atoms with Gasteiger partial charge < -0.3 is 10.5 Å². The zero-order chi connectivity index (χ0) is 11.4. The number of methoxy groups -OCH3 is 1. The zero-order valence-corrected chi connectivity index (χ0v) is 9.93. The molecule has 0 spiro atoms. The molecular weight excluding hydrogens is 210 g/mol. The van der Waals surface area contributed by atoms with Crippen molar-refractivity contribution < 1.29 is 9.53 Å². The topological polar surface area (TPSA) is 52.3 Å². The molecule has 0 aliphatic carbocycles. The van der Waals surface area contributed by atoms with Crippen LogP contribution in [0.15, 0.2) is 23.1 Å². The third-order valence-corrected chi connectivity index (χ3v) is 3.29. The molecule has 0 bridgehead atoms. The van der Waals surface area contributed by atoms with Crippen LogP contribution in [0.2, 0.25) is 0 Å². The molecular formula is C11H15NO2S. The van der Waals surface area contributed by atoms with Gasteiger partial charge in [-0.25, -0.2) is 0 Å². The van der Waals surface area contributed by atoms with Crippen LogP contribution in [0.4, 0.5) is 5.69 Å². The predicted octanol–water partition coefficient (Wildman–Crippen LogP) is 2.23. The minimum absolute atomic E-state index is 0.213. The molecule has 1 unspecified atom stereocenters. The van der Waals surface area contributed by atoms with E-state index < -0.39 is 0 Å². The normalized spacial score (nSPS) is 12.2. The van der Waals surface area contributed by atoms with Gasteiger partial charge in [0, 0.05) is 10.6 Å². The molecule has 1 rings (SSSR count). The van der Waals surface area contributed by atoms with Gasteiger partial charge in [-0.15, -0.1) is 11.8 Å². The van der Waals surface area contributed by atoms with Gasteiger partial charge in [-0.05, 0) is 31.5 Å². The van der Waals surface area contributed by atoms with Crippen molar-refractivity contribution in [2.24, 2.45) is 0 Å². The molecule has 4 heteroatoms. The molecule has 0 radical (unpaired) electrons. The Kier molecular flexibility index (Phi) is 4.03. The number of esters is 1. The van der Waals surface area contributed by atoms with Gasteiger partial charge >= 0.3 is 5.97 Å². The molecule has 0 aliphatic rings. The van der Waals surface area contributed by atoms with Gasteiger partial charge in [0.1, 0.15) is 5.25 Å². The predicted molar refractivity (Wildman–Crippen MR) is 62.9 cm³/mol. The summed E-state index contributed by atoms with van der Waals surface area (Å²) in [5.74, 6) is -0.221. The number of hydrogen-bond acceptors (Lipinski definition) is 4. The quantitative estimate of drug-likeness (QED) is 0.487. The SMILES string of the molecule is COC(=O)C(C)Sc1cc(N)ccc1C. The van der Waals surface area contributed by atoms with Crippen LogP contribution in [0, 0.1) is 6.92 Å². The Morgan fingerprint density at radius 2 is 2.20 bits per heavy atom. The Bertz CT molecular complexity index is 366. The molecule has 1 aromatic rings. The maximum atomic E-state index is 11.2. The lowest BCUT2D eigenvalue weighted by atomic mass is 10.2. The molecule has 0 saturated heterocycles. The minimum Gasteiger partial charge on any atom is -0.468 e. The van der Waals surface area contributed by atoms with Gasteiger partial charge in [0.25, 0.3) is 0 Å². The van der Waals surface area contributed by atoms with E-state index in [1.165, 1.54) is 18.9 Å². The summed E-state index contributed by atoms with van der Waals surface area (Å²) in [6, 6.07) is 5.67. The molecule has 0 heterocycles. The van der Waals surface area contributed by atoms with Crippen molar-refractivity contribution in [1.82, 2.24) is 0 Å². The molecule has 0 aromatic heterocycles. The van der Waals surface area contributed by atoms with Crippen molar-refractivity contribution in [2.75, 3.05) is 12.8 Å². The van der Waals surface area contributed by atoms with E-state index in [2.05, 4.69) is 4.74 Å². The van der Waals surface area contributed by atoms with Crippen molar-refractivity contribution in [3.63, 3.8) is 0 Å². The second-order valence-corrected chi connectivity index (χ2v) is 4.69. The van der Waals surface area contributed by atoms with Crippen molar-refractivity contribution in [1.29, 1.82) is 0 Å². The number of aryl methyl sites for hydroxylation is 1. The summed E-state index contributed by atoms with van der Waals surface area (Å²) in [5.41, 5.74) is 7.51. The van der Waals surface area contributed by atoms with Crippen LogP contribution >= 0.6 is 11.8 Å². The molecule has 0 fully saturated rings. The summed E-state index contributed by atoms with van der Waals surface area (Å²) in [5, 5.41) is -0.213. The molecule has 0 amide bonds. The van der Waals surface area contributed by atoms with E-state index in [4.69, 9.17) is 5.73 Å². The summed E-state index contributed by atoms with van der Waals surface area (Å²) >= 11 is 1.46. The van der Waals surface area contributed by atoms with Gasteiger partial charge in [0.05, 0.1) is 7.11 Å². The number of benzene rings is 1. The van der Waals surface area contributed by atoms with Gasteiger partial charge in [-0.1, -0.05) is 6.07 Å². The fraction of sp³-hybridized carbons (Fsp3) is 0.364. The average Bonchev–Trinajstić information content (AvgIpc) is 2.22. The van der Waals surface area contributed by atoms with Crippen LogP contribution in [0.25, 0.3) is 0 Å². The third-order valence-electron chi connectivity index (χ3n) is 2.05. The van der Waals surface area contributed by atoms with Gasteiger partial charge in [0.15, 0.2) is 0 Å². The number of ether oxygens (including phenoxy) is 1. The van der Waals surface area contributed by atoms with Gasteiger partial charge in [-0.3, -0.25) is 4.79 Å². The van der Waals surface area contributed by atoms with E-state index in [1.54, 1.807) is 0 Å². The summed E-state index contributed by atoms with van der Waals surface area (Å²) in [6.45, 7) is 3.81.